The Morgan fingerprint density at radius 2 is 2.05 bits per heavy atom. The average molecular weight is 341 g/mol. The maximum Gasteiger partial charge on any atom is 0.226 e. The molecule has 2 fully saturated rings. The number of piperidine rings is 1. The molecule has 1 aromatic rings. The molecule has 1 spiro atoms. The molecule has 1 aliphatic carbocycles. The number of carbonyl (C=O) groups excluding carboxylic acids is 1. The van der Waals surface area contributed by atoms with Crippen LogP contribution in [0, 0.1) is 11.3 Å². The van der Waals surface area contributed by atoms with Gasteiger partial charge in [0.1, 0.15) is 0 Å². The lowest BCUT2D eigenvalue weighted by Gasteiger charge is -2.26. The van der Waals surface area contributed by atoms with Crippen LogP contribution in [-0.2, 0) is 11.3 Å². The zero-order chi connectivity index (χ0) is 15.7. The molecule has 22 heavy (non-hydrogen) atoms. The number of nitrogens with zero attached hydrogens (tertiary/aromatic N) is 1. The summed E-state index contributed by atoms with van der Waals surface area (Å²) in [5, 5.41) is 4.48. The van der Waals surface area contributed by atoms with Crippen molar-refractivity contribution in [3.63, 3.8) is 0 Å². The summed E-state index contributed by atoms with van der Waals surface area (Å²) in [4.78, 5) is 14.8. The van der Waals surface area contributed by atoms with Gasteiger partial charge in [0.2, 0.25) is 5.91 Å². The molecule has 1 saturated carbocycles. The fourth-order valence-electron chi connectivity index (χ4n) is 3.60. The molecule has 1 aliphatic heterocycles. The predicted octanol–water partition coefficient (Wildman–Crippen LogP) is 3.73. The average Bonchev–Trinajstić information content (AvgIpc) is 3.21. The summed E-state index contributed by atoms with van der Waals surface area (Å²) in [6, 6.07) is 5.59. The second kappa shape index (κ2) is 6.38. The Balaban J connectivity index is 1.66. The fourth-order valence-corrected chi connectivity index (χ4v) is 3.92. The molecular weight excluding hydrogens is 319 g/mol. The van der Waals surface area contributed by atoms with Gasteiger partial charge >= 0.3 is 0 Å². The van der Waals surface area contributed by atoms with E-state index in [4.69, 9.17) is 23.2 Å². The van der Waals surface area contributed by atoms with Gasteiger partial charge in [-0.05, 0) is 62.4 Å². The summed E-state index contributed by atoms with van der Waals surface area (Å²) in [6.07, 6.45) is 3.33. The molecule has 1 amide bonds. The van der Waals surface area contributed by atoms with Crippen LogP contribution in [0.15, 0.2) is 18.2 Å². The number of halogens is 2. The maximum atomic E-state index is 12.8. The Kier molecular flexibility index (Phi) is 4.67. The molecule has 5 heteroatoms. The monoisotopic (exact) mass is 340 g/mol. The van der Waals surface area contributed by atoms with Crippen molar-refractivity contribution in [1.29, 1.82) is 0 Å². The topological polar surface area (TPSA) is 32.3 Å². The van der Waals surface area contributed by atoms with Crippen LogP contribution in [0.25, 0.3) is 0 Å². The SMILES string of the molecule is CCN(Cc1ccc(Cl)c(Cl)c1)C(=O)C1CC12CCNCC2. The highest BCUT2D eigenvalue weighted by Gasteiger charge is 2.58. The molecule has 0 bridgehead atoms. The van der Waals surface area contributed by atoms with E-state index in [0.29, 0.717) is 22.5 Å². The Morgan fingerprint density at radius 1 is 1.32 bits per heavy atom. The number of rotatable bonds is 4. The number of amides is 1. The van der Waals surface area contributed by atoms with E-state index in [1.807, 2.05) is 24.0 Å². The van der Waals surface area contributed by atoms with Crippen molar-refractivity contribution in [1.82, 2.24) is 10.2 Å². The summed E-state index contributed by atoms with van der Waals surface area (Å²) in [7, 11) is 0. The van der Waals surface area contributed by atoms with Crippen LogP contribution in [0.1, 0.15) is 31.7 Å². The largest absolute Gasteiger partial charge is 0.338 e. The van der Waals surface area contributed by atoms with Gasteiger partial charge in [-0.1, -0.05) is 29.3 Å². The minimum absolute atomic E-state index is 0.220. The van der Waals surface area contributed by atoms with Gasteiger partial charge in [-0.15, -0.1) is 0 Å². The van der Waals surface area contributed by atoms with E-state index < -0.39 is 0 Å². The smallest absolute Gasteiger partial charge is 0.226 e. The van der Waals surface area contributed by atoms with Crippen molar-refractivity contribution >= 4 is 29.1 Å². The lowest BCUT2D eigenvalue weighted by atomic mass is 9.91. The minimum atomic E-state index is 0.220. The molecule has 0 radical (unpaired) electrons. The van der Waals surface area contributed by atoms with Gasteiger partial charge in [0.05, 0.1) is 10.0 Å². The molecule has 1 aromatic carbocycles. The normalized spacial score (nSPS) is 22.6. The minimum Gasteiger partial charge on any atom is -0.338 e. The van der Waals surface area contributed by atoms with Crippen LogP contribution in [0.4, 0.5) is 0 Å². The summed E-state index contributed by atoms with van der Waals surface area (Å²) in [5.74, 6) is 0.521. The van der Waals surface area contributed by atoms with Gasteiger partial charge in [0.25, 0.3) is 0 Å². The molecular formula is C17H22Cl2N2O. The standard InChI is InChI=1S/C17H22Cl2N2O/c1-2-21(11-12-3-4-14(18)15(19)9-12)16(22)13-10-17(13)5-7-20-8-6-17/h3-4,9,13,20H,2,5-8,10-11H2,1H3. The van der Waals surface area contributed by atoms with Gasteiger partial charge in [0, 0.05) is 19.0 Å². The Labute approximate surface area is 142 Å². The van der Waals surface area contributed by atoms with Gasteiger partial charge in [-0.3, -0.25) is 4.79 Å². The van der Waals surface area contributed by atoms with E-state index in [2.05, 4.69) is 5.32 Å². The number of nitrogens with one attached hydrogen (secondary N) is 1. The zero-order valence-corrected chi connectivity index (χ0v) is 14.4. The van der Waals surface area contributed by atoms with E-state index in [1.54, 1.807) is 6.07 Å². The van der Waals surface area contributed by atoms with Crippen LogP contribution in [0.3, 0.4) is 0 Å². The number of benzene rings is 1. The van der Waals surface area contributed by atoms with Crippen LogP contribution in [0.2, 0.25) is 10.0 Å². The van der Waals surface area contributed by atoms with Crippen molar-refractivity contribution in [2.24, 2.45) is 11.3 Å². The molecule has 1 N–H and O–H groups in total. The highest BCUT2D eigenvalue weighted by Crippen LogP contribution is 2.59. The zero-order valence-electron chi connectivity index (χ0n) is 12.9. The van der Waals surface area contributed by atoms with E-state index >= 15 is 0 Å². The van der Waals surface area contributed by atoms with Crippen molar-refractivity contribution < 1.29 is 4.79 Å². The fraction of sp³-hybridized carbons (Fsp3) is 0.588. The molecule has 1 saturated heterocycles. The van der Waals surface area contributed by atoms with Crippen molar-refractivity contribution in [3.8, 4) is 0 Å². The molecule has 1 atom stereocenters. The highest BCUT2D eigenvalue weighted by atomic mass is 35.5. The third-order valence-electron chi connectivity index (χ3n) is 5.14. The van der Waals surface area contributed by atoms with E-state index in [-0.39, 0.29) is 11.3 Å². The molecule has 120 valence electrons. The van der Waals surface area contributed by atoms with Gasteiger partial charge < -0.3 is 10.2 Å². The Hall–Kier alpha value is -0.770. The van der Waals surface area contributed by atoms with E-state index in [9.17, 15) is 4.79 Å². The lowest BCUT2D eigenvalue weighted by Crippen LogP contribution is -2.36. The first-order chi connectivity index (χ1) is 10.6. The van der Waals surface area contributed by atoms with Gasteiger partial charge in [-0.25, -0.2) is 0 Å². The summed E-state index contributed by atoms with van der Waals surface area (Å²) in [5.41, 5.74) is 1.32. The second-order valence-electron chi connectivity index (χ2n) is 6.47. The van der Waals surface area contributed by atoms with Gasteiger partial charge in [0.15, 0.2) is 0 Å². The summed E-state index contributed by atoms with van der Waals surface area (Å²) in [6.45, 7) is 5.46. The highest BCUT2D eigenvalue weighted by molar-refractivity contribution is 6.42. The van der Waals surface area contributed by atoms with E-state index in [1.165, 1.54) is 0 Å². The van der Waals surface area contributed by atoms with Crippen molar-refractivity contribution in [3.05, 3.63) is 33.8 Å². The number of hydrogen-bond donors (Lipinski definition) is 1. The van der Waals surface area contributed by atoms with Crippen LogP contribution >= 0.6 is 23.2 Å². The first-order valence-corrected chi connectivity index (χ1v) is 8.75. The quantitative estimate of drug-likeness (QED) is 0.905. The molecule has 3 nitrogen and oxygen atoms in total. The molecule has 1 unspecified atom stereocenters. The van der Waals surface area contributed by atoms with Crippen molar-refractivity contribution in [2.75, 3.05) is 19.6 Å². The lowest BCUT2D eigenvalue weighted by molar-refractivity contribution is -0.134. The second-order valence-corrected chi connectivity index (χ2v) is 7.28. The van der Waals surface area contributed by atoms with Crippen molar-refractivity contribution in [2.45, 2.75) is 32.7 Å². The molecule has 0 aromatic heterocycles. The van der Waals surface area contributed by atoms with Crippen LogP contribution in [-0.4, -0.2) is 30.4 Å². The van der Waals surface area contributed by atoms with Crippen LogP contribution < -0.4 is 5.32 Å². The first kappa shape index (κ1) is 16.1. The summed E-state index contributed by atoms with van der Waals surface area (Å²) < 4.78 is 0. The molecule has 3 rings (SSSR count). The third-order valence-corrected chi connectivity index (χ3v) is 5.88. The Morgan fingerprint density at radius 3 is 2.68 bits per heavy atom. The number of hydrogen-bond acceptors (Lipinski definition) is 2. The first-order valence-electron chi connectivity index (χ1n) is 7.99. The number of carbonyl (C=O) groups is 1. The predicted molar refractivity (Wildman–Crippen MR) is 90.2 cm³/mol. The maximum absolute atomic E-state index is 12.8. The third kappa shape index (κ3) is 3.12. The summed E-state index contributed by atoms with van der Waals surface area (Å²) >= 11 is 12.0. The van der Waals surface area contributed by atoms with E-state index in [0.717, 1.165) is 44.5 Å². The molecule has 2 aliphatic rings. The molecule has 1 heterocycles. The van der Waals surface area contributed by atoms with Gasteiger partial charge in [-0.2, -0.15) is 0 Å². The van der Waals surface area contributed by atoms with Crippen LogP contribution in [0.5, 0.6) is 0 Å². The Bertz CT molecular complexity index is 570.